The van der Waals surface area contributed by atoms with Crippen LogP contribution < -0.4 is 0 Å². The maximum atomic E-state index is 12.5. The molecule has 1 unspecified atom stereocenters. The van der Waals surface area contributed by atoms with Crippen molar-refractivity contribution in [1.29, 1.82) is 0 Å². The highest BCUT2D eigenvalue weighted by atomic mass is 16.3. The third-order valence-corrected chi connectivity index (χ3v) is 4.08. The van der Waals surface area contributed by atoms with Crippen LogP contribution in [0.5, 0.6) is 0 Å². The molecule has 1 aliphatic carbocycles. The monoisotopic (exact) mass is 241 g/mol. The van der Waals surface area contributed by atoms with Crippen molar-refractivity contribution in [1.82, 2.24) is 4.90 Å². The molecule has 1 saturated carbocycles. The Morgan fingerprint density at radius 1 is 1.41 bits per heavy atom. The summed E-state index contributed by atoms with van der Waals surface area (Å²) >= 11 is 0. The average Bonchev–Trinajstić information content (AvgIpc) is 2.29. The second kappa shape index (κ2) is 6.39. The highest BCUT2D eigenvalue weighted by Gasteiger charge is 2.38. The van der Waals surface area contributed by atoms with Gasteiger partial charge in [-0.05, 0) is 31.6 Å². The SMILES string of the molecule is CCN(CCCO)C(=O)C1CCCCC1(C)C. The van der Waals surface area contributed by atoms with Gasteiger partial charge in [-0.2, -0.15) is 0 Å². The van der Waals surface area contributed by atoms with E-state index in [1.807, 2.05) is 11.8 Å². The maximum Gasteiger partial charge on any atom is 0.226 e. The first kappa shape index (κ1) is 14.5. The highest BCUT2D eigenvalue weighted by Crippen LogP contribution is 2.41. The molecule has 1 atom stereocenters. The van der Waals surface area contributed by atoms with E-state index in [0.29, 0.717) is 18.9 Å². The number of nitrogens with zero attached hydrogens (tertiary/aromatic N) is 1. The van der Waals surface area contributed by atoms with Crippen LogP contribution in [-0.4, -0.2) is 35.6 Å². The van der Waals surface area contributed by atoms with Gasteiger partial charge in [0, 0.05) is 25.6 Å². The van der Waals surface area contributed by atoms with Crippen LogP contribution in [0, 0.1) is 11.3 Å². The fraction of sp³-hybridized carbons (Fsp3) is 0.929. The Morgan fingerprint density at radius 2 is 2.12 bits per heavy atom. The zero-order chi connectivity index (χ0) is 12.9. The summed E-state index contributed by atoms with van der Waals surface area (Å²) in [5.74, 6) is 0.473. The lowest BCUT2D eigenvalue weighted by molar-refractivity contribution is -0.141. The molecule has 17 heavy (non-hydrogen) atoms. The number of rotatable bonds is 5. The Hall–Kier alpha value is -0.570. The minimum atomic E-state index is 0.141. The molecule has 1 aliphatic rings. The number of amides is 1. The van der Waals surface area contributed by atoms with E-state index in [2.05, 4.69) is 13.8 Å². The Bertz CT molecular complexity index is 251. The van der Waals surface area contributed by atoms with Gasteiger partial charge in [-0.1, -0.05) is 26.7 Å². The molecular weight excluding hydrogens is 214 g/mol. The van der Waals surface area contributed by atoms with Gasteiger partial charge in [0.05, 0.1) is 0 Å². The van der Waals surface area contributed by atoms with Gasteiger partial charge in [0.25, 0.3) is 0 Å². The fourth-order valence-corrected chi connectivity index (χ4v) is 2.86. The molecule has 0 aromatic heterocycles. The van der Waals surface area contributed by atoms with E-state index in [4.69, 9.17) is 5.11 Å². The van der Waals surface area contributed by atoms with Crippen LogP contribution in [0.2, 0.25) is 0 Å². The van der Waals surface area contributed by atoms with E-state index >= 15 is 0 Å². The first-order valence-corrected chi connectivity index (χ1v) is 6.92. The van der Waals surface area contributed by atoms with Gasteiger partial charge < -0.3 is 10.0 Å². The summed E-state index contributed by atoms with van der Waals surface area (Å²) in [7, 11) is 0. The highest BCUT2D eigenvalue weighted by molar-refractivity contribution is 5.79. The third-order valence-electron chi connectivity index (χ3n) is 4.08. The minimum Gasteiger partial charge on any atom is -0.396 e. The number of carbonyl (C=O) groups is 1. The van der Waals surface area contributed by atoms with Crippen LogP contribution in [0.4, 0.5) is 0 Å². The lowest BCUT2D eigenvalue weighted by Gasteiger charge is -2.40. The molecule has 0 aromatic carbocycles. The van der Waals surface area contributed by atoms with Gasteiger partial charge >= 0.3 is 0 Å². The molecule has 0 aromatic rings. The second-order valence-electron chi connectivity index (χ2n) is 5.78. The van der Waals surface area contributed by atoms with Crippen molar-refractivity contribution >= 4 is 5.91 Å². The summed E-state index contributed by atoms with van der Waals surface area (Å²) in [6.45, 7) is 8.07. The number of hydrogen-bond acceptors (Lipinski definition) is 2. The first-order chi connectivity index (χ1) is 8.03. The topological polar surface area (TPSA) is 40.5 Å². The van der Waals surface area contributed by atoms with Crippen LogP contribution in [0.1, 0.15) is 52.9 Å². The standard InChI is InChI=1S/C14H27NO2/c1-4-15(10-7-11-16)13(17)12-8-5-6-9-14(12,2)3/h12,16H,4-11H2,1-3H3. The van der Waals surface area contributed by atoms with Crippen molar-refractivity contribution in [2.24, 2.45) is 11.3 Å². The van der Waals surface area contributed by atoms with Crippen LogP contribution in [-0.2, 0) is 4.79 Å². The fourth-order valence-electron chi connectivity index (χ4n) is 2.86. The zero-order valence-electron chi connectivity index (χ0n) is 11.5. The molecule has 0 radical (unpaired) electrons. The van der Waals surface area contributed by atoms with Gasteiger partial charge in [0.2, 0.25) is 5.91 Å². The molecule has 1 fully saturated rings. The zero-order valence-corrected chi connectivity index (χ0v) is 11.5. The normalized spacial score (nSPS) is 23.4. The Labute approximate surface area is 105 Å². The van der Waals surface area contributed by atoms with Crippen molar-refractivity contribution in [2.75, 3.05) is 19.7 Å². The number of carbonyl (C=O) groups excluding carboxylic acids is 1. The van der Waals surface area contributed by atoms with Crippen LogP contribution >= 0.6 is 0 Å². The van der Waals surface area contributed by atoms with Crippen molar-refractivity contribution in [3.63, 3.8) is 0 Å². The van der Waals surface area contributed by atoms with Gasteiger partial charge in [-0.25, -0.2) is 0 Å². The number of aliphatic hydroxyl groups excluding tert-OH is 1. The number of hydrogen-bond donors (Lipinski definition) is 1. The van der Waals surface area contributed by atoms with E-state index < -0.39 is 0 Å². The van der Waals surface area contributed by atoms with Gasteiger partial charge in [-0.15, -0.1) is 0 Å². The van der Waals surface area contributed by atoms with Crippen molar-refractivity contribution in [2.45, 2.75) is 52.9 Å². The predicted octanol–water partition coefficient (Wildman–Crippen LogP) is 2.43. The van der Waals surface area contributed by atoms with Crippen LogP contribution in [0.15, 0.2) is 0 Å². The largest absolute Gasteiger partial charge is 0.396 e. The predicted molar refractivity (Wildman–Crippen MR) is 69.7 cm³/mol. The van der Waals surface area contributed by atoms with Crippen LogP contribution in [0.25, 0.3) is 0 Å². The summed E-state index contributed by atoms with van der Waals surface area (Å²) in [5, 5.41) is 8.87. The maximum absolute atomic E-state index is 12.5. The lowest BCUT2D eigenvalue weighted by Crippen LogP contribution is -2.44. The molecule has 0 spiro atoms. The molecule has 1 N–H and O–H groups in total. The Balaban J connectivity index is 2.65. The average molecular weight is 241 g/mol. The molecule has 1 rings (SSSR count). The summed E-state index contributed by atoms with van der Waals surface area (Å²) in [6.07, 6.45) is 5.30. The molecule has 3 nitrogen and oxygen atoms in total. The van der Waals surface area contributed by atoms with E-state index in [-0.39, 0.29) is 17.9 Å². The molecule has 1 amide bonds. The molecule has 0 saturated heterocycles. The Morgan fingerprint density at radius 3 is 2.65 bits per heavy atom. The van der Waals surface area contributed by atoms with E-state index in [0.717, 1.165) is 19.4 Å². The molecular formula is C14H27NO2. The molecule has 100 valence electrons. The Kier molecular flexibility index (Phi) is 5.44. The smallest absolute Gasteiger partial charge is 0.226 e. The lowest BCUT2D eigenvalue weighted by atomic mass is 9.68. The van der Waals surface area contributed by atoms with Gasteiger partial charge in [0.1, 0.15) is 0 Å². The molecule has 0 aliphatic heterocycles. The van der Waals surface area contributed by atoms with E-state index in [9.17, 15) is 4.79 Å². The van der Waals surface area contributed by atoms with E-state index in [1.165, 1.54) is 12.8 Å². The second-order valence-corrected chi connectivity index (χ2v) is 5.78. The summed E-state index contributed by atoms with van der Waals surface area (Å²) in [4.78, 5) is 14.4. The van der Waals surface area contributed by atoms with Crippen molar-refractivity contribution < 1.29 is 9.90 Å². The molecule has 3 heteroatoms. The van der Waals surface area contributed by atoms with Crippen LogP contribution in [0.3, 0.4) is 0 Å². The summed E-state index contributed by atoms with van der Waals surface area (Å²) in [5.41, 5.74) is 0.141. The van der Waals surface area contributed by atoms with Crippen molar-refractivity contribution in [3.8, 4) is 0 Å². The van der Waals surface area contributed by atoms with Crippen molar-refractivity contribution in [3.05, 3.63) is 0 Å². The minimum absolute atomic E-state index is 0.141. The molecule has 0 heterocycles. The number of aliphatic hydroxyl groups is 1. The van der Waals surface area contributed by atoms with Gasteiger partial charge in [0.15, 0.2) is 0 Å². The summed E-state index contributed by atoms with van der Waals surface area (Å²) < 4.78 is 0. The third kappa shape index (κ3) is 3.70. The first-order valence-electron chi connectivity index (χ1n) is 6.92. The quantitative estimate of drug-likeness (QED) is 0.803. The summed E-state index contributed by atoms with van der Waals surface area (Å²) in [6, 6.07) is 0. The van der Waals surface area contributed by atoms with E-state index in [1.54, 1.807) is 0 Å². The van der Waals surface area contributed by atoms with Gasteiger partial charge in [-0.3, -0.25) is 4.79 Å². The molecule has 0 bridgehead atoms.